The second-order valence-electron chi connectivity index (χ2n) is 4.70. The zero-order valence-corrected chi connectivity index (χ0v) is 13.1. The van der Waals surface area contributed by atoms with E-state index >= 15 is 0 Å². The van der Waals surface area contributed by atoms with Crippen LogP contribution in [0.4, 0.5) is 0 Å². The second kappa shape index (κ2) is 8.45. The van der Waals surface area contributed by atoms with Crippen molar-refractivity contribution in [3.8, 4) is 0 Å². The van der Waals surface area contributed by atoms with E-state index in [0.717, 1.165) is 17.3 Å². The Balaban J connectivity index is 2.62. The van der Waals surface area contributed by atoms with Gasteiger partial charge in [-0.25, -0.2) is 0 Å². The number of carbonyl (C=O) groups is 1. The van der Waals surface area contributed by atoms with Gasteiger partial charge >= 0.3 is 0 Å². The Kier molecular flexibility index (Phi) is 7.27. The van der Waals surface area contributed by atoms with Gasteiger partial charge in [-0.2, -0.15) is 5.10 Å². The molecule has 1 rings (SSSR count). The largest absolute Gasteiger partial charge is 0.383 e. The number of aromatic nitrogens is 2. The van der Waals surface area contributed by atoms with Crippen molar-refractivity contribution in [1.29, 1.82) is 0 Å². The Morgan fingerprint density at radius 3 is 2.95 bits per heavy atom. The molecule has 0 radical (unpaired) electrons. The molecule has 0 aliphatic heterocycles. The number of nitrogens with zero attached hydrogens (tertiary/aromatic N) is 2. The van der Waals surface area contributed by atoms with E-state index in [9.17, 15) is 4.79 Å². The van der Waals surface area contributed by atoms with E-state index in [2.05, 4.69) is 28.0 Å². The Morgan fingerprint density at radius 2 is 2.32 bits per heavy atom. The number of hydrogen-bond donors (Lipinski definition) is 1. The predicted octanol–water partition coefficient (Wildman–Crippen LogP) is 2.24. The van der Waals surface area contributed by atoms with E-state index in [-0.39, 0.29) is 5.78 Å². The van der Waals surface area contributed by atoms with Crippen LogP contribution < -0.4 is 5.73 Å². The van der Waals surface area contributed by atoms with Crippen molar-refractivity contribution < 1.29 is 9.53 Å². The van der Waals surface area contributed by atoms with E-state index in [1.54, 1.807) is 18.0 Å². The molecule has 5 nitrogen and oxygen atoms in total. The third-order valence-corrected chi connectivity index (χ3v) is 3.67. The lowest BCUT2D eigenvalue weighted by atomic mass is 9.99. The molecule has 1 atom stereocenters. The SMILES string of the molecule is COCCn1ncc(Br)c1C(=O)CCC(C)CCN. The van der Waals surface area contributed by atoms with Gasteiger partial charge in [-0.05, 0) is 41.2 Å². The summed E-state index contributed by atoms with van der Waals surface area (Å²) >= 11 is 3.38. The van der Waals surface area contributed by atoms with Gasteiger partial charge in [0.15, 0.2) is 5.78 Å². The minimum Gasteiger partial charge on any atom is -0.383 e. The molecule has 0 aliphatic carbocycles. The summed E-state index contributed by atoms with van der Waals surface area (Å²) in [5, 5.41) is 4.19. The highest BCUT2D eigenvalue weighted by Gasteiger charge is 2.17. The van der Waals surface area contributed by atoms with Crippen LogP contribution in [-0.2, 0) is 11.3 Å². The Hall–Kier alpha value is -0.720. The molecule has 0 saturated heterocycles. The van der Waals surface area contributed by atoms with E-state index < -0.39 is 0 Å². The van der Waals surface area contributed by atoms with Crippen LogP contribution in [0, 0.1) is 5.92 Å². The van der Waals surface area contributed by atoms with Gasteiger partial charge in [0.05, 0.1) is 23.8 Å². The molecular formula is C13H22BrN3O2. The standard InChI is InChI=1S/C13H22BrN3O2/c1-10(5-6-15)3-4-12(18)13-11(14)9-16-17(13)7-8-19-2/h9-10H,3-8,15H2,1-2H3. The molecule has 6 heteroatoms. The molecule has 0 aromatic carbocycles. The monoisotopic (exact) mass is 331 g/mol. The first-order chi connectivity index (χ1) is 9.10. The number of rotatable bonds is 9. The topological polar surface area (TPSA) is 70.1 Å². The third kappa shape index (κ3) is 5.04. The quantitative estimate of drug-likeness (QED) is 0.704. The smallest absolute Gasteiger partial charge is 0.182 e. The van der Waals surface area contributed by atoms with Crippen molar-refractivity contribution in [2.75, 3.05) is 20.3 Å². The van der Waals surface area contributed by atoms with Crippen molar-refractivity contribution in [2.45, 2.75) is 32.7 Å². The number of halogens is 1. The van der Waals surface area contributed by atoms with Crippen LogP contribution in [0.1, 0.15) is 36.7 Å². The van der Waals surface area contributed by atoms with Crippen LogP contribution in [0.5, 0.6) is 0 Å². The van der Waals surface area contributed by atoms with Gasteiger partial charge < -0.3 is 10.5 Å². The van der Waals surface area contributed by atoms with Crippen LogP contribution in [0.25, 0.3) is 0 Å². The molecule has 0 spiro atoms. The maximum atomic E-state index is 12.3. The number of ketones is 1. The summed E-state index contributed by atoms with van der Waals surface area (Å²) < 4.78 is 7.47. The number of Topliss-reactive ketones (excluding diaryl/α,β-unsaturated/α-hetero) is 1. The summed E-state index contributed by atoms with van der Waals surface area (Å²) in [6.45, 7) is 3.92. The molecule has 19 heavy (non-hydrogen) atoms. The highest BCUT2D eigenvalue weighted by molar-refractivity contribution is 9.10. The van der Waals surface area contributed by atoms with Crippen LogP contribution in [0.2, 0.25) is 0 Å². The zero-order chi connectivity index (χ0) is 14.3. The normalized spacial score (nSPS) is 12.6. The van der Waals surface area contributed by atoms with Gasteiger partial charge in [-0.3, -0.25) is 9.48 Å². The van der Waals surface area contributed by atoms with Crippen molar-refractivity contribution in [3.05, 3.63) is 16.4 Å². The summed E-state index contributed by atoms with van der Waals surface area (Å²) in [5.74, 6) is 0.590. The minimum absolute atomic E-state index is 0.115. The molecule has 1 aromatic heterocycles. The summed E-state index contributed by atoms with van der Waals surface area (Å²) in [5.41, 5.74) is 6.15. The lowest BCUT2D eigenvalue weighted by molar-refractivity contribution is 0.0959. The van der Waals surface area contributed by atoms with E-state index in [1.807, 2.05) is 0 Å². The van der Waals surface area contributed by atoms with Crippen molar-refractivity contribution in [3.63, 3.8) is 0 Å². The predicted molar refractivity (Wildman–Crippen MR) is 78.2 cm³/mol. The minimum atomic E-state index is 0.115. The molecule has 1 aromatic rings. The maximum absolute atomic E-state index is 12.3. The molecule has 0 fully saturated rings. The first kappa shape index (κ1) is 16.3. The average Bonchev–Trinajstić information content (AvgIpc) is 2.75. The molecular weight excluding hydrogens is 310 g/mol. The van der Waals surface area contributed by atoms with Gasteiger partial charge in [0.2, 0.25) is 0 Å². The van der Waals surface area contributed by atoms with Gasteiger partial charge in [-0.15, -0.1) is 0 Å². The van der Waals surface area contributed by atoms with Gasteiger partial charge in [0.1, 0.15) is 5.69 Å². The van der Waals surface area contributed by atoms with Crippen molar-refractivity contribution in [2.24, 2.45) is 11.7 Å². The Labute approximate surface area is 122 Å². The summed E-state index contributed by atoms with van der Waals surface area (Å²) in [6, 6.07) is 0. The molecule has 0 saturated carbocycles. The number of ether oxygens (including phenoxy) is 1. The summed E-state index contributed by atoms with van der Waals surface area (Å²) in [7, 11) is 1.63. The zero-order valence-electron chi connectivity index (χ0n) is 11.6. The van der Waals surface area contributed by atoms with Crippen molar-refractivity contribution in [1.82, 2.24) is 9.78 Å². The molecule has 108 valence electrons. The average molecular weight is 332 g/mol. The van der Waals surface area contributed by atoms with Gasteiger partial charge in [0, 0.05) is 13.5 Å². The number of methoxy groups -OCH3 is 1. The molecule has 2 N–H and O–H groups in total. The molecule has 1 heterocycles. The number of nitrogens with two attached hydrogens (primary N) is 1. The van der Waals surface area contributed by atoms with Crippen LogP contribution >= 0.6 is 15.9 Å². The number of carbonyl (C=O) groups excluding carboxylic acids is 1. The molecule has 1 unspecified atom stereocenters. The summed E-state index contributed by atoms with van der Waals surface area (Å²) in [4.78, 5) is 12.3. The second-order valence-corrected chi connectivity index (χ2v) is 5.56. The van der Waals surface area contributed by atoms with E-state index in [1.165, 1.54) is 0 Å². The fourth-order valence-electron chi connectivity index (χ4n) is 1.91. The van der Waals surface area contributed by atoms with Gasteiger partial charge in [-0.1, -0.05) is 6.92 Å². The lowest BCUT2D eigenvalue weighted by Crippen LogP contribution is -2.15. The van der Waals surface area contributed by atoms with Crippen molar-refractivity contribution >= 4 is 21.7 Å². The highest BCUT2D eigenvalue weighted by Crippen LogP contribution is 2.20. The Morgan fingerprint density at radius 1 is 1.58 bits per heavy atom. The highest BCUT2D eigenvalue weighted by atomic mass is 79.9. The molecule has 0 aliphatic rings. The van der Waals surface area contributed by atoms with Crippen LogP contribution in [0.3, 0.4) is 0 Å². The Bertz CT molecular complexity index is 407. The van der Waals surface area contributed by atoms with E-state index in [0.29, 0.717) is 37.7 Å². The maximum Gasteiger partial charge on any atom is 0.182 e. The first-order valence-corrected chi connectivity index (χ1v) is 7.33. The number of hydrogen-bond acceptors (Lipinski definition) is 4. The molecule has 0 amide bonds. The first-order valence-electron chi connectivity index (χ1n) is 6.53. The molecule has 0 bridgehead atoms. The third-order valence-electron chi connectivity index (χ3n) is 3.09. The van der Waals surface area contributed by atoms with Gasteiger partial charge in [0.25, 0.3) is 0 Å². The van der Waals surface area contributed by atoms with Crippen LogP contribution in [0.15, 0.2) is 10.7 Å². The van der Waals surface area contributed by atoms with E-state index in [4.69, 9.17) is 10.5 Å². The van der Waals surface area contributed by atoms with Crippen LogP contribution in [-0.4, -0.2) is 35.8 Å². The summed E-state index contributed by atoms with van der Waals surface area (Å²) in [6.07, 6.45) is 4.00. The fourth-order valence-corrected chi connectivity index (χ4v) is 2.43. The fraction of sp³-hybridized carbons (Fsp3) is 0.692. The lowest BCUT2D eigenvalue weighted by Gasteiger charge is -2.10.